The molecule has 3 heterocycles. The summed E-state index contributed by atoms with van der Waals surface area (Å²) in [6, 6.07) is 16.5. The number of thiophene rings is 2. The van der Waals surface area contributed by atoms with Gasteiger partial charge in [0.1, 0.15) is 0 Å². The van der Waals surface area contributed by atoms with Crippen molar-refractivity contribution in [1.82, 2.24) is 4.90 Å². The normalized spacial score (nSPS) is 16.8. The highest BCUT2D eigenvalue weighted by Gasteiger charge is 2.31. The maximum atomic E-state index is 10.4. The van der Waals surface area contributed by atoms with Gasteiger partial charge in [0.2, 0.25) is 0 Å². The number of hydrogen-bond donors (Lipinski definition) is 1. The highest BCUT2D eigenvalue weighted by Crippen LogP contribution is 2.44. The molecule has 0 saturated carbocycles. The molecule has 0 spiro atoms. The molecular weight excluding hydrogens is 422 g/mol. The Balaban J connectivity index is 1.57. The Morgan fingerprint density at radius 2 is 2.07 bits per heavy atom. The van der Waals surface area contributed by atoms with Crippen LogP contribution in [0.1, 0.15) is 26.9 Å². The molecular formula is C23H20ClNO2S2. The highest BCUT2D eigenvalue weighted by atomic mass is 35.5. The second kappa shape index (κ2) is 7.65. The largest absolute Gasteiger partial charge is 0.504 e. The van der Waals surface area contributed by atoms with Gasteiger partial charge in [-0.25, -0.2) is 0 Å². The van der Waals surface area contributed by atoms with Crippen LogP contribution in [0.4, 0.5) is 0 Å². The summed E-state index contributed by atoms with van der Waals surface area (Å²) in [5.41, 5.74) is 2.38. The van der Waals surface area contributed by atoms with Crippen LogP contribution in [0.5, 0.6) is 11.5 Å². The first-order valence-corrected chi connectivity index (χ1v) is 11.6. The van der Waals surface area contributed by atoms with Crippen LogP contribution in [-0.4, -0.2) is 23.7 Å². The van der Waals surface area contributed by atoms with Crippen LogP contribution < -0.4 is 4.74 Å². The van der Waals surface area contributed by atoms with E-state index in [-0.39, 0.29) is 11.8 Å². The van der Waals surface area contributed by atoms with E-state index in [9.17, 15) is 5.11 Å². The molecule has 0 aliphatic carbocycles. The molecule has 0 amide bonds. The zero-order chi connectivity index (χ0) is 20.0. The summed E-state index contributed by atoms with van der Waals surface area (Å²) in [7, 11) is 1.59. The van der Waals surface area contributed by atoms with Gasteiger partial charge in [0.25, 0.3) is 0 Å². The Morgan fingerprint density at radius 3 is 2.83 bits per heavy atom. The van der Waals surface area contributed by atoms with Gasteiger partial charge in [-0.15, -0.1) is 22.7 Å². The van der Waals surface area contributed by atoms with Gasteiger partial charge in [0.05, 0.1) is 18.2 Å². The number of halogens is 1. The minimum Gasteiger partial charge on any atom is -0.504 e. The predicted octanol–water partition coefficient (Wildman–Crippen LogP) is 6.48. The second-order valence-corrected chi connectivity index (χ2v) is 9.69. The summed E-state index contributed by atoms with van der Waals surface area (Å²) >= 11 is 10.3. The van der Waals surface area contributed by atoms with Crippen molar-refractivity contribution in [3.63, 3.8) is 0 Å². The Hall–Kier alpha value is -2.05. The monoisotopic (exact) mass is 441 g/mol. The highest BCUT2D eigenvalue weighted by molar-refractivity contribution is 7.19. The molecule has 0 fully saturated rings. The maximum absolute atomic E-state index is 10.4. The van der Waals surface area contributed by atoms with Crippen LogP contribution in [0.15, 0.2) is 53.9 Å². The van der Waals surface area contributed by atoms with Crippen molar-refractivity contribution >= 4 is 44.4 Å². The van der Waals surface area contributed by atoms with Crippen LogP contribution in [0.25, 0.3) is 10.1 Å². The van der Waals surface area contributed by atoms with Crippen molar-refractivity contribution in [1.29, 1.82) is 0 Å². The van der Waals surface area contributed by atoms with Crippen molar-refractivity contribution in [3.05, 3.63) is 79.8 Å². The molecule has 4 aromatic rings. The van der Waals surface area contributed by atoms with Crippen LogP contribution in [0.2, 0.25) is 5.02 Å². The Kier molecular flexibility index (Phi) is 5.00. The Morgan fingerprint density at radius 1 is 1.21 bits per heavy atom. The molecule has 5 rings (SSSR count). The van der Waals surface area contributed by atoms with E-state index in [4.69, 9.17) is 16.3 Å². The number of phenolic OH excluding ortho intramolecular Hbond substituents is 1. The van der Waals surface area contributed by atoms with Gasteiger partial charge >= 0.3 is 0 Å². The van der Waals surface area contributed by atoms with Crippen molar-refractivity contribution in [2.24, 2.45) is 0 Å². The van der Waals surface area contributed by atoms with Gasteiger partial charge in [-0.05, 0) is 47.2 Å². The first kappa shape index (κ1) is 18.9. The number of phenols is 1. The van der Waals surface area contributed by atoms with E-state index in [1.807, 2.05) is 18.2 Å². The molecule has 0 bridgehead atoms. The molecule has 1 atom stereocenters. The number of aromatic hydroxyl groups is 1. The molecule has 0 radical (unpaired) electrons. The van der Waals surface area contributed by atoms with E-state index in [1.54, 1.807) is 29.8 Å². The molecule has 6 heteroatoms. The standard InChI is InChI=1S/C23H20ClNO2S2/c1-27-18-11-14-8-9-25(13-21-22(24)15-5-2-3-6-19(15)29-21)23(16(14)12-17(18)26)20-7-4-10-28-20/h2-7,10-12,23,26H,8-9,13H2,1H3. The topological polar surface area (TPSA) is 32.7 Å². The number of hydrogen-bond acceptors (Lipinski definition) is 5. The van der Waals surface area contributed by atoms with E-state index >= 15 is 0 Å². The van der Waals surface area contributed by atoms with Gasteiger partial charge in [-0.2, -0.15) is 0 Å². The summed E-state index contributed by atoms with van der Waals surface area (Å²) < 4.78 is 6.55. The third-order valence-corrected chi connectivity index (χ3v) is 8.15. The number of fused-ring (bicyclic) bond motifs is 2. The van der Waals surface area contributed by atoms with Gasteiger partial charge in [0.15, 0.2) is 11.5 Å². The molecule has 3 nitrogen and oxygen atoms in total. The van der Waals surface area contributed by atoms with E-state index in [0.717, 1.165) is 35.5 Å². The number of benzene rings is 2. The summed E-state index contributed by atoms with van der Waals surface area (Å²) in [6.07, 6.45) is 0.913. The average Bonchev–Trinajstić information content (AvgIpc) is 3.36. The quantitative estimate of drug-likeness (QED) is 0.393. The fourth-order valence-corrected chi connectivity index (χ4v) is 6.55. The number of ether oxygens (including phenoxy) is 1. The van der Waals surface area contributed by atoms with Gasteiger partial charge in [0, 0.05) is 32.9 Å². The lowest BCUT2D eigenvalue weighted by Crippen LogP contribution is -2.35. The molecule has 1 N–H and O–H groups in total. The SMILES string of the molecule is COc1cc2c(cc1O)C(c1cccs1)N(Cc1sc3ccccc3c1Cl)CC2. The first-order chi connectivity index (χ1) is 14.2. The fraction of sp³-hybridized carbons (Fsp3) is 0.217. The fourth-order valence-electron chi connectivity index (χ4n) is 4.15. The second-order valence-electron chi connectivity index (χ2n) is 7.20. The van der Waals surface area contributed by atoms with E-state index < -0.39 is 0 Å². The van der Waals surface area contributed by atoms with Crippen LogP contribution >= 0.6 is 34.3 Å². The molecule has 2 aromatic heterocycles. The molecule has 0 saturated heterocycles. The molecule has 1 aliphatic heterocycles. The average molecular weight is 442 g/mol. The summed E-state index contributed by atoms with van der Waals surface area (Å²) in [5.74, 6) is 0.726. The molecule has 1 unspecified atom stereocenters. The Bertz CT molecular complexity index is 1170. The van der Waals surface area contributed by atoms with E-state index in [2.05, 4.69) is 40.6 Å². The van der Waals surface area contributed by atoms with Crippen molar-refractivity contribution in [2.75, 3.05) is 13.7 Å². The third-order valence-electron chi connectivity index (χ3n) is 5.53. The minimum atomic E-state index is 0.0943. The van der Waals surface area contributed by atoms with Crippen molar-refractivity contribution < 1.29 is 9.84 Å². The minimum absolute atomic E-state index is 0.0943. The lowest BCUT2D eigenvalue weighted by molar-refractivity contribution is 0.208. The predicted molar refractivity (Wildman–Crippen MR) is 122 cm³/mol. The van der Waals surface area contributed by atoms with Crippen molar-refractivity contribution in [3.8, 4) is 11.5 Å². The number of rotatable bonds is 4. The van der Waals surface area contributed by atoms with Crippen LogP contribution in [0.3, 0.4) is 0 Å². The lowest BCUT2D eigenvalue weighted by atomic mass is 9.91. The number of nitrogens with zero attached hydrogens (tertiary/aromatic N) is 1. The molecule has 148 valence electrons. The lowest BCUT2D eigenvalue weighted by Gasteiger charge is -2.37. The number of methoxy groups -OCH3 is 1. The summed E-state index contributed by atoms with van der Waals surface area (Å²) in [6.45, 7) is 1.71. The first-order valence-electron chi connectivity index (χ1n) is 9.49. The molecule has 1 aliphatic rings. The van der Waals surface area contributed by atoms with Gasteiger partial charge in [-0.1, -0.05) is 35.9 Å². The summed E-state index contributed by atoms with van der Waals surface area (Å²) in [5, 5.41) is 14.5. The zero-order valence-corrected chi connectivity index (χ0v) is 18.3. The zero-order valence-electron chi connectivity index (χ0n) is 15.9. The van der Waals surface area contributed by atoms with E-state index in [1.165, 1.54) is 20.0 Å². The Labute approximate surface area is 182 Å². The third kappa shape index (κ3) is 3.32. The van der Waals surface area contributed by atoms with Crippen LogP contribution in [-0.2, 0) is 13.0 Å². The molecule has 2 aromatic carbocycles. The van der Waals surface area contributed by atoms with Gasteiger partial charge in [-0.3, -0.25) is 4.90 Å². The smallest absolute Gasteiger partial charge is 0.160 e. The van der Waals surface area contributed by atoms with Crippen LogP contribution in [0, 0.1) is 0 Å². The maximum Gasteiger partial charge on any atom is 0.160 e. The van der Waals surface area contributed by atoms with Gasteiger partial charge < -0.3 is 9.84 Å². The van der Waals surface area contributed by atoms with Crippen molar-refractivity contribution in [2.45, 2.75) is 19.0 Å². The van der Waals surface area contributed by atoms with E-state index in [0.29, 0.717) is 5.75 Å². The summed E-state index contributed by atoms with van der Waals surface area (Å²) in [4.78, 5) is 4.93. The molecule has 29 heavy (non-hydrogen) atoms.